The SMILES string of the molecule is O=c1[nH]c2ccccc2cc1S(=O)(=O)c1cc2ccccc2sc1=O. The maximum absolute atomic E-state index is 12.9. The highest BCUT2D eigenvalue weighted by Crippen LogP contribution is 2.23. The number of H-pyrrole nitrogens is 1. The smallest absolute Gasteiger partial charge is 0.267 e. The third-order valence-corrected chi connectivity index (χ3v) is 6.80. The van der Waals surface area contributed by atoms with Crippen LogP contribution in [0.5, 0.6) is 0 Å². The van der Waals surface area contributed by atoms with Crippen molar-refractivity contribution in [3.63, 3.8) is 0 Å². The number of aromatic amines is 1. The molecule has 7 heteroatoms. The lowest BCUT2D eigenvalue weighted by molar-refractivity contribution is 0.594. The van der Waals surface area contributed by atoms with E-state index in [1.165, 1.54) is 12.1 Å². The average molecular weight is 369 g/mol. The fourth-order valence-electron chi connectivity index (χ4n) is 2.68. The first-order valence-electron chi connectivity index (χ1n) is 7.37. The van der Waals surface area contributed by atoms with Gasteiger partial charge >= 0.3 is 0 Å². The van der Waals surface area contributed by atoms with Gasteiger partial charge < -0.3 is 4.98 Å². The third kappa shape index (κ3) is 2.57. The van der Waals surface area contributed by atoms with E-state index in [2.05, 4.69) is 4.98 Å². The molecule has 0 aliphatic rings. The molecule has 0 aliphatic heterocycles. The lowest BCUT2D eigenvalue weighted by Crippen LogP contribution is -2.21. The first kappa shape index (κ1) is 15.7. The van der Waals surface area contributed by atoms with E-state index in [-0.39, 0.29) is 4.90 Å². The molecule has 0 saturated carbocycles. The number of hydrogen-bond acceptors (Lipinski definition) is 5. The van der Waals surface area contributed by atoms with Crippen LogP contribution in [0.1, 0.15) is 0 Å². The van der Waals surface area contributed by atoms with E-state index in [9.17, 15) is 18.0 Å². The van der Waals surface area contributed by atoms with E-state index in [1.807, 2.05) is 0 Å². The molecule has 0 amide bonds. The lowest BCUT2D eigenvalue weighted by Gasteiger charge is -2.06. The van der Waals surface area contributed by atoms with Crippen LogP contribution in [0.25, 0.3) is 21.0 Å². The quantitative estimate of drug-likeness (QED) is 0.589. The van der Waals surface area contributed by atoms with Crippen molar-refractivity contribution in [3.8, 4) is 0 Å². The van der Waals surface area contributed by atoms with Crippen molar-refractivity contribution in [3.05, 3.63) is 80.6 Å². The van der Waals surface area contributed by atoms with Crippen LogP contribution >= 0.6 is 11.3 Å². The number of aromatic nitrogens is 1. The van der Waals surface area contributed by atoms with Crippen molar-refractivity contribution < 1.29 is 8.42 Å². The van der Waals surface area contributed by atoms with Crippen LogP contribution < -0.4 is 10.3 Å². The standard InChI is InChI=1S/C18H11NO4S2/c20-17-15(9-11-5-1-3-7-13(11)19-17)25(22,23)16-10-12-6-2-4-8-14(12)24-18(16)21/h1-10H,(H,19,20). The molecule has 0 saturated heterocycles. The molecule has 124 valence electrons. The Morgan fingerprint density at radius 2 is 1.44 bits per heavy atom. The van der Waals surface area contributed by atoms with Crippen LogP contribution in [0.2, 0.25) is 0 Å². The zero-order chi connectivity index (χ0) is 17.6. The second kappa shape index (κ2) is 5.65. The Kier molecular flexibility index (Phi) is 3.55. The molecule has 2 aromatic heterocycles. The van der Waals surface area contributed by atoms with Gasteiger partial charge in [0.2, 0.25) is 9.84 Å². The first-order chi connectivity index (χ1) is 12.0. The van der Waals surface area contributed by atoms with Gasteiger partial charge in [-0.2, -0.15) is 0 Å². The lowest BCUT2D eigenvalue weighted by atomic mass is 10.2. The number of benzene rings is 2. The maximum atomic E-state index is 12.9. The van der Waals surface area contributed by atoms with Crippen molar-refractivity contribution in [2.24, 2.45) is 0 Å². The van der Waals surface area contributed by atoms with E-state index >= 15 is 0 Å². The molecule has 0 fully saturated rings. The number of hydrogen-bond donors (Lipinski definition) is 1. The minimum atomic E-state index is -4.23. The molecule has 0 unspecified atom stereocenters. The molecule has 1 N–H and O–H groups in total. The third-order valence-electron chi connectivity index (χ3n) is 3.91. The van der Waals surface area contributed by atoms with Gasteiger partial charge in [0.25, 0.3) is 10.3 Å². The van der Waals surface area contributed by atoms with Crippen LogP contribution in [0.15, 0.2) is 80.0 Å². The Hall–Kier alpha value is -2.77. The summed E-state index contributed by atoms with van der Waals surface area (Å²) >= 11 is 0.852. The molecular formula is C18H11NO4S2. The monoisotopic (exact) mass is 369 g/mol. The highest BCUT2D eigenvalue weighted by Gasteiger charge is 2.25. The highest BCUT2D eigenvalue weighted by molar-refractivity contribution is 7.91. The van der Waals surface area contributed by atoms with Crippen LogP contribution in [0.4, 0.5) is 0 Å². The number of rotatable bonds is 2. The molecule has 4 aromatic rings. The molecule has 0 radical (unpaired) electrons. The summed E-state index contributed by atoms with van der Waals surface area (Å²) in [6.45, 7) is 0. The molecule has 5 nitrogen and oxygen atoms in total. The largest absolute Gasteiger partial charge is 0.321 e. The molecule has 25 heavy (non-hydrogen) atoms. The van der Waals surface area contributed by atoms with Gasteiger partial charge in [-0.15, -0.1) is 0 Å². The highest BCUT2D eigenvalue weighted by atomic mass is 32.2. The Labute approximate surface area is 146 Å². The van der Waals surface area contributed by atoms with E-state index in [1.54, 1.807) is 48.5 Å². The summed E-state index contributed by atoms with van der Waals surface area (Å²) in [7, 11) is -4.23. The Bertz CT molecular complexity index is 1250. The Balaban J connectivity index is 2.02. The van der Waals surface area contributed by atoms with Gasteiger partial charge in [-0.3, -0.25) is 9.59 Å². The molecule has 0 bridgehead atoms. The zero-order valence-corrected chi connectivity index (χ0v) is 14.4. The number of para-hydroxylation sites is 1. The van der Waals surface area contributed by atoms with Crippen LogP contribution in [0.3, 0.4) is 0 Å². The van der Waals surface area contributed by atoms with Crippen LogP contribution in [-0.4, -0.2) is 13.4 Å². The topological polar surface area (TPSA) is 84.1 Å². The minimum Gasteiger partial charge on any atom is -0.321 e. The molecule has 0 aliphatic carbocycles. The summed E-state index contributed by atoms with van der Waals surface area (Å²) in [6.07, 6.45) is 0. The maximum Gasteiger partial charge on any atom is 0.267 e. The molecular weight excluding hydrogens is 358 g/mol. The van der Waals surface area contributed by atoms with Gasteiger partial charge in [-0.25, -0.2) is 8.42 Å². The van der Waals surface area contributed by atoms with Gasteiger partial charge in [-0.1, -0.05) is 47.7 Å². The van der Waals surface area contributed by atoms with Crippen molar-refractivity contribution in [2.45, 2.75) is 9.79 Å². The van der Waals surface area contributed by atoms with E-state index in [0.717, 1.165) is 11.3 Å². The van der Waals surface area contributed by atoms with Crippen molar-refractivity contribution in [2.75, 3.05) is 0 Å². The molecule has 2 aromatic carbocycles. The second-order valence-electron chi connectivity index (χ2n) is 5.49. The van der Waals surface area contributed by atoms with Gasteiger partial charge in [0.05, 0.1) is 0 Å². The summed E-state index contributed by atoms with van der Waals surface area (Å²) in [5.74, 6) is 0. The van der Waals surface area contributed by atoms with Gasteiger partial charge in [0, 0.05) is 10.2 Å². The number of nitrogens with one attached hydrogen (secondary N) is 1. The van der Waals surface area contributed by atoms with E-state index in [0.29, 0.717) is 21.0 Å². The van der Waals surface area contributed by atoms with Crippen molar-refractivity contribution >= 4 is 42.2 Å². The molecule has 0 atom stereocenters. The fourth-order valence-corrected chi connectivity index (χ4v) is 5.20. The average Bonchev–Trinajstić information content (AvgIpc) is 2.60. The Morgan fingerprint density at radius 3 is 2.24 bits per heavy atom. The normalized spacial score (nSPS) is 11.8. The number of pyridine rings is 1. The fraction of sp³-hybridized carbons (Fsp3) is 0. The molecule has 2 heterocycles. The van der Waals surface area contributed by atoms with Crippen molar-refractivity contribution in [1.29, 1.82) is 0 Å². The summed E-state index contributed by atoms with van der Waals surface area (Å²) in [4.78, 5) is 26.4. The number of fused-ring (bicyclic) bond motifs is 2. The summed E-state index contributed by atoms with van der Waals surface area (Å²) in [5, 5.41) is 1.22. The zero-order valence-electron chi connectivity index (χ0n) is 12.7. The van der Waals surface area contributed by atoms with Crippen molar-refractivity contribution in [1.82, 2.24) is 4.98 Å². The van der Waals surface area contributed by atoms with Crippen LogP contribution in [0, 0.1) is 0 Å². The molecule has 4 rings (SSSR count). The minimum absolute atomic E-state index is 0.378. The number of sulfone groups is 1. The molecule has 0 spiro atoms. The summed E-state index contributed by atoms with van der Waals surface area (Å²) in [6, 6.07) is 16.5. The van der Waals surface area contributed by atoms with Crippen LogP contribution in [-0.2, 0) is 9.84 Å². The summed E-state index contributed by atoms with van der Waals surface area (Å²) in [5.41, 5.74) is -0.202. The van der Waals surface area contributed by atoms with E-state index < -0.39 is 25.0 Å². The predicted octanol–water partition coefficient (Wildman–Crippen LogP) is 2.94. The summed E-state index contributed by atoms with van der Waals surface area (Å²) < 4.78 is 26.0. The van der Waals surface area contributed by atoms with Gasteiger partial charge in [0.15, 0.2) is 0 Å². The first-order valence-corrected chi connectivity index (χ1v) is 9.67. The van der Waals surface area contributed by atoms with Gasteiger partial charge in [-0.05, 0) is 35.0 Å². The van der Waals surface area contributed by atoms with Gasteiger partial charge in [0.1, 0.15) is 9.79 Å². The predicted molar refractivity (Wildman–Crippen MR) is 98.1 cm³/mol. The Morgan fingerprint density at radius 1 is 0.800 bits per heavy atom. The second-order valence-corrected chi connectivity index (χ2v) is 8.39. The van der Waals surface area contributed by atoms with E-state index in [4.69, 9.17) is 0 Å².